The van der Waals surface area contributed by atoms with Crippen LogP contribution in [0, 0.1) is 0 Å². The van der Waals surface area contributed by atoms with Crippen LogP contribution in [0.1, 0.15) is 6.42 Å². The highest BCUT2D eigenvalue weighted by molar-refractivity contribution is 5.98. The summed E-state index contributed by atoms with van der Waals surface area (Å²) in [5, 5.41) is 13.6. The van der Waals surface area contributed by atoms with Crippen LogP contribution in [0.15, 0.2) is 23.9 Å². The van der Waals surface area contributed by atoms with E-state index in [2.05, 4.69) is 15.5 Å². The van der Waals surface area contributed by atoms with Crippen LogP contribution >= 0.6 is 0 Å². The van der Waals surface area contributed by atoms with Gasteiger partial charge in [0.05, 0.1) is 12.7 Å². The Balaban J connectivity index is 2.18. The van der Waals surface area contributed by atoms with Gasteiger partial charge in [-0.15, -0.1) is 0 Å². The SMILES string of the molecule is NC(CC(=O)NCCn1ccnc1)=NO. The molecule has 0 aromatic carbocycles. The summed E-state index contributed by atoms with van der Waals surface area (Å²) in [6.45, 7) is 1.12. The number of rotatable bonds is 5. The van der Waals surface area contributed by atoms with E-state index in [-0.39, 0.29) is 18.2 Å². The van der Waals surface area contributed by atoms with Crippen LogP contribution in [-0.4, -0.2) is 33.0 Å². The molecule has 0 aliphatic heterocycles. The molecule has 1 amide bonds. The molecule has 0 fully saturated rings. The summed E-state index contributed by atoms with van der Waals surface area (Å²) in [4.78, 5) is 15.0. The van der Waals surface area contributed by atoms with Crippen molar-refractivity contribution in [3.63, 3.8) is 0 Å². The fourth-order valence-corrected chi connectivity index (χ4v) is 1.01. The molecular formula is C8H13N5O2. The van der Waals surface area contributed by atoms with E-state index in [9.17, 15) is 4.79 Å². The van der Waals surface area contributed by atoms with Gasteiger partial charge in [-0.3, -0.25) is 4.79 Å². The Hall–Kier alpha value is -2.05. The van der Waals surface area contributed by atoms with Gasteiger partial charge in [-0.25, -0.2) is 4.98 Å². The zero-order chi connectivity index (χ0) is 11.1. The summed E-state index contributed by atoms with van der Waals surface area (Å²) in [7, 11) is 0. The fraction of sp³-hybridized carbons (Fsp3) is 0.375. The molecule has 82 valence electrons. The van der Waals surface area contributed by atoms with E-state index in [1.165, 1.54) is 0 Å². The van der Waals surface area contributed by atoms with Crippen LogP contribution in [0.3, 0.4) is 0 Å². The van der Waals surface area contributed by atoms with Crippen LogP contribution in [-0.2, 0) is 11.3 Å². The molecule has 0 aliphatic rings. The molecule has 1 heterocycles. The van der Waals surface area contributed by atoms with E-state index in [0.717, 1.165) is 0 Å². The third-order valence-corrected chi connectivity index (χ3v) is 1.72. The molecule has 0 saturated heterocycles. The molecule has 15 heavy (non-hydrogen) atoms. The molecule has 0 aliphatic carbocycles. The van der Waals surface area contributed by atoms with Crippen molar-refractivity contribution in [3.05, 3.63) is 18.7 Å². The van der Waals surface area contributed by atoms with Gasteiger partial charge in [0.25, 0.3) is 0 Å². The number of hydrogen-bond donors (Lipinski definition) is 3. The van der Waals surface area contributed by atoms with Gasteiger partial charge in [0.15, 0.2) is 0 Å². The molecule has 1 rings (SSSR count). The van der Waals surface area contributed by atoms with E-state index in [0.29, 0.717) is 13.1 Å². The third kappa shape index (κ3) is 4.12. The van der Waals surface area contributed by atoms with Gasteiger partial charge in [-0.1, -0.05) is 5.16 Å². The average molecular weight is 211 g/mol. The van der Waals surface area contributed by atoms with Gasteiger partial charge >= 0.3 is 0 Å². The molecule has 0 spiro atoms. The number of nitrogens with zero attached hydrogens (tertiary/aromatic N) is 3. The van der Waals surface area contributed by atoms with Crippen LogP contribution in [0.2, 0.25) is 0 Å². The molecule has 4 N–H and O–H groups in total. The normalized spacial score (nSPS) is 11.3. The lowest BCUT2D eigenvalue weighted by Crippen LogP contribution is -2.30. The number of carbonyl (C=O) groups excluding carboxylic acids is 1. The highest BCUT2D eigenvalue weighted by Gasteiger charge is 2.03. The van der Waals surface area contributed by atoms with Gasteiger partial charge < -0.3 is 20.8 Å². The standard InChI is InChI=1S/C8H13N5O2/c9-7(12-15)5-8(14)11-2-4-13-3-1-10-6-13/h1,3,6,15H,2,4-5H2,(H2,9,12)(H,11,14). The van der Waals surface area contributed by atoms with Gasteiger partial charge in [-0.05, 0) is 0 Å². The number of nitrogens with two attached hydrogens (primary N) is 1. The zero-order valence-corrected chi connectivity index (χ0v) is 8.13. The minimum absolute atomic E-state index is 0.0968. The zero-order valence-electron chi connectivity index (χ0n) is 8.13. The van der Waals surface area contributed by atoms with Crippen molar-refractivity contribution in [1.29, 1.82) is 0 Å². The van der Waals surface area contributed by atoms with E-state index in [1.54, 1.807) is 18.7 Å². The highest BCUT2D eigenvalue weighted by atomic mass is 16.4. The van der Waals surface area contributed by atoms with Gasteiger partial charge in [0.2, 0.25) is 5.91 Å². The maximum atomic E-state index is 11.1. The number of aromatic nitrogens is 2. The second kappa shape index (κ2) is 5.63. The second-order valence-corrected chi connectivity index (χ2v) is 2.92. The largest absolute Gasteiger partial charge is 0.409 e. The van der Waals surface area contributed by atoms with Crippen molar-refractivity contribution in [3.8, 4) is 0 Å². The third-order valence-electron chi connectivity index (χ3n) is 1.72. The maximum absolute atomic E-state index is 11.1. The Labute approximate surface area is 86.6 Å². The average Bonchev–Trinajstić information content (AvgIpc) is 2.70. The first-order valence-corrected chi connectivity index (χ1v) is 4.41. The molecular weight excluding hydrogens is 198 g/mol. The Morgan fingerprint density at radius 3 is 3.07 bits per heavy atom. The molecule has 0 bridgehead atoms. The maximum Gasteiger partial charge on any atom is 0.227 e. The second-order valence-electron chi connectivity index (χ2n) is 2.92. The first-order valence-electron chi connectivity index (χ1n) is 4.41. The number of amidine groups is 1. The first-order chi connectivity index (χ1) is 7.22. The summed E-state index contributed by atoms with van der Waals surface area (Å²) < 4.78 is 1.84. The van der Waals surface area contributed by atoms with Gasteiger partial charge in [0.1, 0.15) is 5.84 Å². The lowest BCUT2D eigenvalue weighted by atomic mass is 10.4. The minimum Gasteiger partial charge on any atom is -0.409 e. The van der Waals surface area contributed by atoms with Crippen LogP contribution in [0.5, 0.6) is 0 Å². The molecule has 0 atom stereocenters. The summed E-state index contributed by atoms with van der Waals surface area (Å²) >= 11 is 0. The Bertz CT molecular complexity index is 333. The molecule has 7 heteroatoms. The van der Waals surface area contributed by atoms with Crippen molar-refractivity contribution < 1.29 is 10.0 Å². The van der Waals surface area contributed by atoms with Crippen molar-refractivity contribution in [2.24, 2.45) is 10.9 Å². The molecule has 0 saturated carbocycles. The van der Waals surface area contributed by atoms with Crippen molar-refractivity contribution in [1.82, 2.24) is 14.9 Å². The summed E-state index contributed by atoms with van der Waals surface area (Å²) in [5.74, 6) is -0.374. The van der Waals surface area contributed by atoms with Crippen LogP contribution in [0.4, 0.5) is 0 Å². The Morgan fingerprint density at radius 2 is 2.47 bits per heavy atom. The van der Waals surface area contributed by atoms with E-state index >= 15 is 0 Å². The predicted molar refractivity (Wildman–Crippen MR) is 53.3 cm³/mol. The predicted octanol–water partition coefficient (Wildman–Crippen LogP) is -0.864. The molecule has 7 nitrogen and oxygen atoms in total. The van der Waals surface area contributed by atoms with Crippen LogP contribution < -0.4 is 11.1 Å². The van der Waals surface area contributed by atoms with Crippen molar-refractivity contribution in [2.75, 3.05) is 6.54 Å². The number of carbonyl (C=O) groups is 1. The summed E-state index contributed by atoms with van der Waals surface area (Å²) in [6, 6.07) is 0. The number of hydrogen-bond acceptors (Lipinski definition) is 4. The number of amides is 1. The van der Waals surface area contributed by atoms with Crippen molar-refractivity contribution in [2.45, 2.75) is 13.0 Å². The van der Waals surface area contributed by atoms with E-state index in [1.807, 2.05) is 4.57 Å². The Kier molecular flexibility index (Phi) is 4.14. The lowest BCUT2D eigenvalue weighted by molar-refractivity contribution is -0.119. The van der Waals surface area contributed by atoms with E-state index in [4.69, 9.17) is 10.9 Å². The number of imidazole rings is 1. The Morgan fingerprint density at radius 1 is 1.67 bits per heavy atom. The highest BCUT2D eigenvalue weighted by Crippen LogP contribution is 1.85. The number of nitrogens with one attached hydrogen (secondary N) is 1. The quantitative estimate of drug-likeness (QED) is 0.255. The summed E-state index contributed by atoms with van der Waals surface area (Å²) in [6.07, 6.45) is 5.03. The lowest BCUT2D eigenvalue weighted by Gasteiger charge is -2.04. The van der Waals surface area contributed by atoms with Gasteiger partial charge in [0, 0.05) is 25.5 Å². The smallest absolute Gasteiger partial charge is 0.227 e. The number of oxime groups is 1. The molecule has 0 unspecified atom stereocenters. The molecule has 1 aromatic rings. The summed E-state index contributed by atoms with van der Waals surface area (Å²) in [5.41, 5.74) is 5.16. The molecule has 1 aromatic heterocycles. The van der Waals surface area contributed by atoms with E-state index < -0.39 is 0 Å². The fourth-order valence-electron chi connectivity index (χ4n) is 1.01. The van der Waals surface area contributed by atoms with Crippen LogP contribution in [0.25, 0.3) is 0 Å². The molecule has 0 radical (unpaired) electrons. The minimum atomic E-state index is -0.273. The van der Waals surface area contributed by atoms with Gasteiger partial charge in [-0.2, -0.15) is 0 Å². The monoisotopic (exact) mass is 211 g/mol. The first kappa shape index (κ1) is 11.0. The topological polar surface area (TPSA) is 106 Å². The van der Waals surface area contributed by atoms with Crippen molar-refractivity contribution >= 4 is 11.7 Å².